The van der Waals surface area contributed by atoms with Gasteiger partial charge >= 0.3 is 0 Å². The number of benzene rings is 2. The number of anilines is 1. The molecule has 1 unspecified atom stereocenters. The minimum absolute atomic E-state index is 0.0867. The van der Waals surface area contributed by atoms with E-state index in [4.69, 9.17) is 0 Å². The van der Waals surface area contributed by atoms with Crippen LogP contribution in [0.1, 0.15) is 23.1 Å². The monoisotopic (exact) mass is 436 g/mol. The molecule has 2 aromatic rings. The number of nitro groups is 1. The molecule has 8 heteroatoms. The van der Waals surface area contributed by atoms with E-state index in [-0.39, 0.29) is 22.4 Å². The fourth-order valence-corrected chi connectivity index (χ4v) is 4.43. The van der Waals surface area contributed by atoms with E-state index in [1.807, 2.05) is 38.1 Å². The average molecular weight is 437 g/mol. The van der Waals surface area contributed by atoms with Gasteiger partial charge in [0, 0.05) is 57.1 Å². The van der Waals surface area contributed by atoms with Gasteiger partial charge in [-0.15, -0.1) is 0 Å². The number of rotatable bonds is 5. The molecule has 2 aromatic carbocycles. The Morgan fingerprint density at radius 2 is 1.78 bits per heavy atom. The number of carbonyl (C=O) groups excluding carboxylic acids is 2. The molecular formula is C24H28N4O4. The number of hydrogen-bond acceptors (Lipinski definition) is 5. The Kier molecular flexibility index (Phi) is 6.23. The molecular weight excluding hydrogens is 408 g/mol. The molecule has 0 bridgehead atoms. The highest BCUT2D eigenvalue weighted by atomic mass is 16.6. The van der Waals surface area contributed by atoms with Crippen molar-refractivity contribution in [3.05, 3.63) is 69.3 Å². The maximum atomic E-state index is 13.1. The summed E-state index contributed by atoms with van der Waals surface area (Å²) in [6.45, 7) is 7.69. The smallest absolute Gasteiger partial charge is 0.269 e. The van der Waals surface area contributed by atoms with Gasteiger partial charge in [0.15, 0.2) is 0 Å². The summed E-state index contributed by atoms with van der Waals surface area (Å²) in [5, 5.41) is 11.0. The molecule has 2 saturated heterocycles. The predicted molar refractivity (Wildman–Crippen MR) is 121 cm³/mol. The summed E-state index contributed by atoms with van der Waals surface area (Å²) >= 11 is 0. The molecule has 32 heavy (non-hydrogen) atoms. The molecule has 4 rings (SSSR count). The Balaban J connectivity index is 1.33. The van der Waals surface area contributed by atoms with Crippen molar-refractivity contribution in [3.8, 4) is 0 Å². The van der Waals surface area contributed by atoms with Gasteiger partial charge in [-0.3, -0.25) is 24.6 Å². The van der Waals surface area contributed by atoms with Gasteiger partial charge in [0.2, 0.25) is 11.8 Å². The average Bonchev–Trinajstić information content (AvgIpc) is 3.17. The molecule has 0 aromatic heterocycles. The van der Waals surface area contributed by atoms with Crippen LogP contribution in [0.2, 0.25) is 0 Å². The van der Waals surface area contributed by atoms with Crippen molar-refractivity contribution in [1.29, 1.82) is 0 Å². The van der Waals surface area contributed by atoms with Crippen LogP contribution >= 0.6 is 0 Å². The molecule has 0 N–H and O–H groups in total. The lowest BCUT2D eigenvalue weighted by atomic mass is 10.1. The second-order valence-corrected chi connectivity index (χ2v) is 8.63. The number of nitro benzene ring substituents is 1. The summed E-state index contributed by atoms with van der Waals surface area (Å²) in [7, 11) is 0. The number of amides is 2. The Bertz CT molecular complexity index is 1050. The van der Waals surface area contributed by atoms with Gasteiger partial charge in [0.25, 0.3) is 5.69 Å². The molecule has 0 saturated carbocycles. The molecule has 2 amide bonds. The van der Waals surface area contributed by atoms with Crippen LogP contribution in [0.3, 0.4) is 0 Å². The molecule has 168 valence electrons. The van der Waals surface area contributed by atoms with Crippen LogP contribution in [0.25, 0.3) is 0 Å². The van der Waals surface area contributed by atoms with Crippen LogP contribution in [0.15, 0.2) is 42.5 Å². The fraction of sp³-hybridized carbons (Fsp3) is 0.417. The van der Waals surface area contributed by atoms with Crippen molar-refractivity contribution in [2.24, 2.45) is 5.92 Å². The van der Waals surface area contributed by atoms with Crippen LogP contribution in [-0.4, -0.2) is 59.3 Å². The first-order chi connectivity index (χ1) is 15.3. The molecule has 0 aliphatic carbocycles. The van der Waals surface area contributed by atoms with Gasteiger partial charge in [0.05, 0.1) is 4.92 Å². The van der Waals surface area contributed by atoms with E-state index < -0.39 is 5.92 Å². The summed E-state index contributed by atoms with van der Waals surface area (Å²) in [5.74, 6) is -0.812. The Hall–Kier alpha value is -3.26. The molecule has 1 atom stereocenters. The van der Waals surface area contributed by atoms with Crippen molar-refractivity contribution in [2.75, 3.05) is 37.6 Å². The third kappa shape index (κ3) is 4.50. The zero-order chi connectivity index (χ0) is 22.8. The maximum absolute atomic E-state index is 13.1. The molecule has 2 aliphatic rings. The molecule has 0 spiro atoms. The van der Waals surface area contributed by atoms with E-state index in [1.54, 1.807) is 21.9 Å². The third-order valence-electron chi connectivity index (χ3n) is 6.52. The van der Waals surface area contributed by atoms with E-state index in [9.17, 15) is 19.7 Å². The van der Waals surface area contributed by atoms with Crippen molar-refractivity contribution in [1.82, 2.24) is 9.80 Å². The standard InChI is InChI=1S/C24H28N4O4/c1-17-6-7-20(14-18(17)2)27-9-8-22(24(27)30)23(29)26-12-10-25(11-13-26)16-19-4-3-5-21(15-19)28(31)32/h3-7,14-15,22H,8-13,16H2,1-2H3. The molecule has 2 aliphatic heterocycles. The summed E-state index contributed by atoms with van der Waals surface area (Å²) in [6.07, 6.45) is 0.540. The summed E-state index contributed by atoms with van der Waals surface area (Å²) in [6, 6.07) is 12.6. The number of aryl methyl sites for hydroxylation is 2. The number of nitrogens with zero attached hydrogens (tertiary/aromatic N) is 4. The second-order valence-electron chi connectivity index (χ2n) is 8.63. The zero-order valence-corrected chi connectivity index (χ0v) is 18.5. The van der Waals surface area contributed by atoms with Crippen LogP contribution in [0, 0.1) is 29.9 Å². The number of carbonyl (C=O) groups is 2. The lowest BCUT2D eigenvalue weighted by Crippen LogP contribution is -2.51. The highest BCUT2D eigenvalue weighted by Gasteiger charge is 2.40. The van der Waals surface area contributed by atoms with Crippen molar-refractivity contribution in [2.45, 2.75) is 26.8 Å². The van der Waals surface area contributed by atoms with E-state index in [1.165, 1.54) is 11.6 Å². The van der Waals surface area contributed by atoms with E-state index in [0.29, 0.717) is 45.7 Å². The van der Waals surface area contributed by atoms with Crippen molar-refractivity contribution < 1.29 is 14.5 Å². The number of non-ortho nitro benzene ring substituents is 1. The van der Waals surface area contributed by atoms with E-state index in [2.05, 4.69) is 4.90 Å². The predicted octanol–water partition coefficient (Wildman–Crippen LogP) is 2.91. The minimum Gasteiger partial charge on any atom is -0.339 e. The SMILES string of the molecule is Cc1ccc(N2CCC(C(=O)N3CCN(Cc4cccc([N+](=O)[O-])c4)CC3)C2=O)cc1C. The van der Waals surface area contributed by atoms with Gasteiger partial charge in [0.1, 0.15) is 5.92 Å². The first kappa shape index (κ1) is 22.0. The second kappa shape index (κ2) is 9.08. The highest BCUT2D eigenvalue weighted by molar-refractivity contribution is 6.09. The fourth-order valence-electron chi connectivity index (χ4n) is 4.43. The summed E-state index contributed by atoms with van der Waals surface area (Å²) in [4.78, 5) is 42.4. The van der Waals surface area contributed by atoms with Gasteiger partial charge in [-0.05, 0) is 49.1 Å². The largest absolute Gasteiger partial charge is 0.339 e. The van der Waals surface area contributed by atoms with Crippen LogP contribution < -0.4 is 4.90 Å². The Morgan fingerprint density at radius 1 is 1.03 bits per heavy atom. The van der Waals surface area contributed by atoms with Crippen molar-refractivity contribution >= 4 is 23.2 Å². The van der Waals surface area contributed by atoms with Crippen LogP contribution in [0.4, 0.5) is 11.4 Å². The molecule has 0 radical (unpaired) electrons. The van der Waals surface area contributed by atoms with Gasteiger partial charge in [-0.1, -0.05) is 18.2 Å². The summed E-state index contributed by atoms with van der Waals surface area (Å²) < 4.78 is 0. The lowest BCUT2D eigenvalue weighted by molar-refractivity contribution is -0.384. The van der Waals surface area contributed by atoms with E-state index in [0.717, 1.165) is 16.8 Å². The van der Waals surface area contributed by atoms with E-state index >= 15 is 0 Å². The van der Waals surface area contributed by atoms with Crippen molar-refractivity contribution in [3.63, 3.8) is 0 Å². The Labute approximate surface area is 187 Å². The van der Waals surface area contributed by atoms with Gasteiger partial charge < -0.3 is 9.80 Å². The number of piperazine rings is 1. The number of hydrogen-bond donors (Lipinski definition) is 0. The zero-order valence-electron chi connectivity index (χ0n) is 18.5. The highest BCUT2D eigenvalue weighted by Crippen LogP contribution is 2.28. The summed E-state index contributed by atoms with van der Waals surface area (Å²) in [5.41, 5.74) is 4.13. The quantitative estimate of drug-likeness (QED) is 0.409. The molecule has 8 nitrogen and oxygen atoms in total. The maximum Gasteiger partial charge on any atom is 0.269 e. The minimum atomic E-state index is -0.611. The molecule has 2 fully saturated rings. The van der Waals surface area contributed by atoms with Crippen LogP contribution in [-0.2, 0) is 16.1 Å². The first-order valence-corrected chi connectivity index (χ1v) is 11.0. The normalized spacial score (nSPS) is 19.4. The topological polar surface area (TPSA) is 87.0 Å². The van der Waals surface area contributed by atoms with Gasteiger partial charge in [-0.2, -0.15) is 0 Å². The van der Waals surface area contributed by atoms with Crippen LogP contribution in [0.5, 0.6) is 0 Å². The third-order valence-corrected chi connectivity index (χ3v) is 6.52. The van der Waals surface area contributed by atoms with Gasteiger partial charge in [-0.25, -0.2) is 0 Å². The first-order valence-electron chi connectivity index (χ1n) is 11.0. The molecule has 2 heterocycles. The lowest BCUT2D eigenvalue weighted by Gasteiger charge is -2.35. The Morgan fingerprint density at radius 3 is 2.47 bits per heavy atom.